The van der Waals surface area contributed by atoms with E-state index in [1.54, 1.807) is 0 Å². The van der Waals surface area contributed by atoms with Gasteiger partial charge in [-0.3, -0.25) is 4.79 Å². The van der Waals surface area contributed by atoms with Gasteiger partial charge in [-0.05, 0) is 36.8 Å². The van der Waals surface area contributed by atoms with Crippen LogP contribution in [0, 0.1) is 23.5 Å². The summed E-state index contributed by atoms with van der Waals surface area (Å²) in [6.45, 7) is 0.475. The Morgan fingerprint density at radius 2 is 1.80 bits per heavy atom. The Morgan fingerprint density at radius 1 is 1.20 bits per heavy atom. The van der Waals surface area contributed by atoms with E-state index in [1.807, 2.05) is 0 Å². The molecule has 1 fully saturated rings. The van der Waals surface area contributed by atoms with Crippen LogP contribution in [-0.2, 0) is 0 Å². The van der Waals surface area contributed by atoms with Crippen LogP contribution in [0.25, 0.3) is 0 Å². The highest BCUT2D eigenvalue weighted by molar-refractivity contribution is 9.09. The molecule has 0 saturated heterocycles. The molecule has 0 radical (unpaired) electrons. The molecule has 1 N–H and O–H groups in total. The smallest absolute Gasteiger partial charge is 0.257 e. The van der Waals surface area contributed by atoms with Gasteiger partial charge in [0.2, 0.25) is 0 Å². The maximum absolute atomic E-state index is 13.5. The van der Waals surface area contributed by atoms with E-state index in [1.165, 1.54) is 12.5 Å². The van der Waals surface area contributed by atoms with Crippen molar-refractivity contribution in [3.05, 3.63) is 35.4 Å². The van der Waals surface area contributed by atoms with E-state index in [0.717, 1.165) is 36.7 Å². The highest BCUT2D eigenvalue weighted by atomic mass is 79.9. The maximum Gasteiger partial charge on any atom is 0.257 e. The average molecular weight is 346 g/mol. The Balaban J connectivity index is 1.98. The van der Waals surface area contributed by atoms with Crippen LogP contribution >= 0.6 is 15.9 Å². The zero-order valence-corrected chi connectivity index (χ0v) is 12.8. The van der Waals surface area contributed by atoms with Crippen molar-refractivity contribution in [2.45, 2.75) is 25.7 Å². The lowest BCUT2D eigenvalue weighted by atomic mass is 9.80. The molecule has 20 heavy (non-hydrogen) atoms. The summed E-state index contributed by atoms with van der Waals surface area (Å²) in [4.78, 5) is 11.9. The molecule has 2 nitrogen and oxygen atoms in total. The van der Waals surface area contributed by atoms with Crippen LogP contribution in [-0.4, -0.2) is 17.8 Å². The normalized spacial score (nSPS) is 22.6. The van der Waals surface area contributed by atoms with Gasteiger partial charge >= 0.3 is 0 Å². The largest absolute Gasteiger partial charge is 0.352 e. The van der Waals surface area contributed by atoms with Crippen LogP contribution in [0.3, 0.4) is 0 Å². The molecule has 2 atom stereocenters. The highest BCUT2D eigenvalue weighted by Gasteiger charge is 2.25. The number of benzene rings is 1. The molecule has 0 aliphatic heterocycles. The van der Waals surface area contributed by atoms with Crippen molar-refractivity contribution in [2.75, 3.05) is 11.9 Å². The van der Waals surface area contributed by atoms with Crippen molar-refractivity contribution in [1.82, 2.24) is 5.32 Å². The van der Waals surface area contributed by atoms with Gasteiger partial charge < -0.3 is 5.32 Å². The maximum atomic E-state index is 13.5. The van der Waals surface area contributed by atoms with Crippen LogP contribution in [0.15, 0.2) is 18.2 Å². The molecular formula is C15H18BrF2NO. The van der Waals surface area contributed by atoms with Crippen molar-refractivity contribution < 1.29 is 13.6 Å². The second kappa shape index (κ2) is 7.16. The lowest BCUT2D eigenvalue weighted by Crippen LogP contribution is -2.35. The highest BCUT2D eigenvalue weighted by Crippen LogP contribution is 2.30. The average Bonchev–Trinajstić information content (AvgIpc) is 2.45. The van der Waals surface area contributed by atoms with Crippen LogP contribution in [0.1, 0.15) is 36.0 Å². The molecule has 0 spiro atoms. The summed E-state index contributed by atoms with van der Waals surface area (Å²) in [7, 11) is 0. The van der Waals surface area contributed by atoms with E-state index in [0.29, 0.717) is 18.4 Å². The van der Waals surface area contributed by atoms with E-state index >= 15 is 0 Å². The molecule has 1 saturated carbocycles. The molecule has 0 bridgehead atoms. The first kappa shape index (κ1) is 15.4. The third-order valence-corrected chi connectivity index (χ3v) is 4.81. The first-order chi connectivity index (χ1) is 9.63. The van der Waals surface area contributed by atoms with Gasteiger partial charge in [-0.1, -0.05) is 34.8 Å². The van der Waals surface area contributed by atoms with Gasteiger partial charge in [-0.25, -0.2) is 8.78 Å². The third-order valence-electron chi connectivity index (χ3n) is 3.98. The molecule has 1 aromatic carbocycles. The molecule has 110 valence electrons. The van der Waals surface area contributed by atoms with Crippen LogP contribution < -0.4 is 5.32 Å². The van der Waals surface area contributed by atoms with Crippen LogP contribution in [0.5, 0.6) is 0 Å². The van der Waals surface area contributed by atoms with Gasteiger partial charge in [-0.2, -0.15) is 0 Å². The molecule has 2 rings (SSSR count). The first-order valence-electron chi connectivity index (χ1n) is 6.91. The van der Waals surface area contributed by atoms with E-state index in [4.69, 9.17) is 0 Å². The minimum atomic E-state index is -0.816. The SMILES string of the molecule is O=C(NCC1CCCCC1CBr)c1c(F)cccc1F. The summed E-state index contributed by atoms with van der Waals surface area (Å²) in [5, 5.41) is 3.58. The summed E-state index contributed by atoms with van der Waals surface area (Å²) >= 11 is 3.49. The Kier molecular flexibility index (Phi) is 5.52. The number of nitrogens with one attached hydrogen (secondary N) is 1. The molecule has 0 heterocycles. The zero-order chi connectivity index (χ0) is 14.5. The quantitative estimate of drug-likeness (QED) is 0.824. The summed E-state index contributed by atoms with van der Waals surface area (Å²) in [5.74, 6) is -1.40. The lowest BCUT2D eigenvalue weighted by molar-refractivity contribution is 0.0928. The van der Waals surface area contributed by atoms with Crippen molar-refractivity contribution >= 4 is 21.8 Å². The minimum Gasteiger partial charge on any atom is -0.352 e. The molecule has 1 aliphatic rings. The predicted molar refractivity (Wildman–Crippen MR) is 77.9 cm³/mol. The topological polar surface area (TPSA) is 29.1 Å². The second-order valence-electron chi connectivity index (χ2n) is 5.27. The molecule has 0 aromatic heterocycles. The molecular weight excluding hydrogens is 328 g/mol. The zero-order valence-electron chi connectivity index (χ0n) is 11.2. The van der Waals surface area contributed by atoms with Crippen molar-refractivity contribution in [2.24, 2.45) is 11.8 Å². The Bertz CT molecular complexity index is 461. The fraction of sp³-hybridized carbons (Fsp3) is 0.533. The van der Waals surface area contributed by atoms with Crippen molar-refractivity contribution in [1.29, 1.82) is 0 Å². The summed E-state index contributed by atoms with van der Waals surface area (Å²) < 4.78 is 27.0. The number of halogens is 3. The number of hydrogen-bond donors (Lipinski definition) is 1. The van der Waals surface area contributed by atoms with Gasteiger partial charge in [-0.15, -0.1) is 0 Å². The van der Waals surface area contributed by atoms with Gasteiger partial charge in [0.25, 0.3) is 5.91 Å². The predicted octanol–water partition coefficient (Wildman–Crippen LogP) is 3.90. The van der Waals surface area contributed by atoms with Crippen molar-refractivity contribution in [3.8, 4) is 0 Å². The molecule has 1 aromatic rings. The summed E-state index contributed by atoms with van der Waals surface area (Å²) in [6, 6.07) is 3.45. The van der Waals surface area contributed by atoms with E-state index in [-0.39, 0.29) is 0 Å². The Labute approximate surface area is 126 Å². The molecule has 1 amide bonds. The third kappa shape index (κ3) is 3.57. The van der Waals surface area contributed by atoms with E-state index in [2.05, 4.69) is 21.2 Å². The standard InChI is InChI=1S/C15H18BrF2NO/c16-8-10-4-1-2-5-11(10)9-19-15(20)14-12(17)6-3-7-13(14)18/h3,6-7,10-11H,1-2,4-5,8-9H2,(H,19,20). The Morgan fingerprint density at radius 3 is 2.40 bits per heavy atom. The van der Waals surface area contributed by atoms with E-state index in [9.17, 15) is 13.6 Å². The number of carbonyl (C=O) groups excluding carboxylic acids is 1. The molecule has 2 unspecified atom stereocenters. The fourth-order valence-electron chi connectivity index (χ4n) is 2.78. The number of carbonyl (C=O) groups is 1. The van der Waals surface area contributed by atoms with Gasteiger partial charge in [0.1, 0.15) is 17.2 Å². The second-order valence-corrected chi connectivity index (χ2v) is 5.91. The lowest BCUT2D eigenvalue weighted by Gasteiger charge is -2.30. The summed E-state index contributed by atoms with van der Waals surface area (Å²) in [5.41, 5.74) is -0.487. The van der Waals surface area contributed by atoms with Gasteiger partial charge in [0.05, 0.1) is 0 Å². The summed E-state index contributed by atoms with van der Waals surface area (Å²) in [6.07, 6.45) is 4.55. The fourth-order valence-corrected chi connectivity index (χ4v) is 3.64. The van der Waals surface area contributed by atoms with Crippen molar-refractivity contribution in [3.63, 3.8) is 0 Å². The number of hydrogen-bond acceptors (Lipinski definition) is 1. The molecule has 1 aliphatic carbocycles. The Hall–Kier alpha value is -0.970. The monoisotopic (exact) mass is 345 g/mol. The first-order valence-corrected chi connectivity index (χ1v) is 8.03. The number of amides is 1. The van der Waals surface area contributed by atoms with Gasteiger partial charge in [0, 0.05) is 11.9 Å². The molecule has 5 heteroatoms. The number of rotatable bonds is 4. The number of alkyl halides is 1. The minimum absolute atomic E-state index is 0.377. The van der Waals surface area contributed by atoms with E-state index < -0.39 is 23.1 Å². The van der Waals surface area contributed by atoms with Crippen LogP contribution in [0.4, 0.5) is 8.78 Å². The van der Waals surface area contributed by atoms with Crippen LogP contribution in [0.2, 0.25) is 0 Å². The van der Waals surface area contributed by atoms with Gasteiger partial charge in [0.15, 0.2) is 0 Å².